The molecule has 21 heavy (non-hydrogen) atoms. The Bertz CT molecular complexity index is 593. The van der Waals surface area contributed by atoms with Gasteiger partial charge in [-0.3, -0.25) is 4.79 Å². The highest BCUT2D eigenvalue weighted by atomic mass is 16.4. The van der Waals surface area contributed by atoms with Crippen LogP contribution in [-0.4, -0.2) is 30.1 Å². The van der Waals surface area contributed by atoms with Crippen LogP contribution < -0.4 is 0 Å². The molecule has 0 saturated carbocycles. The van der Waals surface area contributed by atoms with Crippen LogP contribution in [0, 0.1) is 0 Å². The Morgan fingerprint density at radius 3 is 2.14 bits per heavy atom. The Labute approximate surface area is 125 Å². The van der Waals surface area contributed by atoms with Gasteiger partial charge in [0.2, 0.25) is 0 Å². The van der Waals surface area contributed by atoms with Crippen LogP contribution in [0.25, 0.3) is 0 Å². The minimum atomic E-state index is -0.777. The molecule has 2 rings (SSSR count). The number of hydrogen-bond acceptors (Lipinski definition) is 2. The van der Waals surface area contributed by atoms with Gasteiger partial charge in [0.15, 0.2) is 0 Å². The predicted octanol–water partition coefficient (Wildman–Crippen LogP) is 3.16. The standard InChI is InChI=1S/C18H21NO2/c1-19(2)13-16-11-7-6-10-15(16)12-17(18(20)21)14-8-4-3-5-9-14/h3-11,17H,12-13H2,1-2H3,(H,20,21). The summed E-state index contributed by atoms with van der Waals surface area (Å²) >= 11 is 0. The average Bonchev–Trinajstić information content (AvgIpc) is 2.46. The Kier molecular flexibility index (Phi) is 5.12. The van der Waals surface area contributed by atoms with E-state index in [4.69, 9.17) is 0 Å². The van der Waals surface area contributed by atoms with Gasteiger partial charge >= 0.3 is 5.97 Å². The second-order valence-corrected chi connectivity index (χ2v) is 5.51. The fraction of sp³-hybridized carbons (Fsp3) is 0.278. The lowest BCUT2D eigenvalue weighted by Crippen LogP contribution is -2.17. The second kappa shape index (κ2) is 7.04. The third-order valence-electron chi connectivity index (χ3n) is 3.53. The predicted molar refractivity (Wildman–Crippen MR) is 84.4 cm³/mol. The molecule has 0 fully saturated rings. The van der Waals surface area contributed by atoms with Crippen LogP contribution in [0.2, 0.25) is 0 Å². The number of carbonyl (C=O) groups is 1. The molecule has 0 saturated heterocycles. The summed E-state index contributed by atoms with van der Waals surface area (Å²) in [7, 11) is 4.03. The normalized spacial score (nSPS) is 12.3. The maximum Gasteiger partial charge on any atom is 0.311 e. The fourth-order valence-electron chi connectivity index (χ4n) is 2.50. The first-order chi connectivity index (χ1) is 10.1. The summed E-state index contributed by atoms with van der Waals surface area (Å²) in [4.78, 5) is 13.7. The molecule has 0 aromatic heterocycles. The van der Waals surface area contributed by atoms with E-state index in [9.17, 15) is 9.90 Å². The number of carboxylic acids is 1. The molecule has 1 N–H and O–H groups in total. The zero-order chi connectivity index (χ0) is 15.2. The molecule has 2 aromatic rings. The summed E-state index contributed by atoms with van der Waals surface area (Å²) in [5, 5.41) is 9.55. The van der Waals surface area contributed by atoms with E-state index in [2.05, 4.69) is 11.0 Å². The van der Waals surface area contributed by atoms with Gasteiger partial charge in [-0.1, -0.05) is 54.6 Å². The first-order valence-electron chi connectivity index (χ1n) is 7.07. The molecule has 110 valence electrons. The number of carboxylic acid groups (broad SMARTS) is 1. The van der Waals surface area contributed by atoms with Crippen molar-refractivity contribution < 1.29 is 9.90 Å². The topological polar surface area (TPSA) is 40.5 Å². The van der Waals surface area contributed by atoms with Crippen molar-refractivity contribution in [2.24, 2.45) is 0 Å². The van der Waals surface area contributed by atoms with Gasteiger partial charge in [0.05, 0.1) is 5.92 Å². The summed E-state index contributed by atoms with van der Waals surface area (Å²) in [6.45, 7) is 0.817. The highest BCUT2D eigenvalue weighted by Crippen LogP contribution is 2.23. The van der Waals surface area contributed by atoms with E-state index in [0.717, 1.165) is 17.7 Å². The van der Waals surface area contributed by atoms with Crippen LogP contribution in [0.3, 0.4) is 0 Å². The maximum absolute atomic E-state index is 11.6. The lowest BCUT2D eigenvalue weighted by Gasteiger charge is -2.18. The Balaban J connectivity index is 2.28. The zero-order valence-corrected chi connectivity index (χ0v) is 12.5. The van der Waals surface area contributed by atoms with Crippen LogP contribution in [0.15, 0.2) is 54.6 Å². The second-order valence-electron chi connectivity index (χ2n) is 5.51. The molecule has 0 aliphatic heterocycles. The van der Waals surface area contributed by atoms with Crippen LogP contribution in [0.5, 0.6) is 0 Å². The van der Waals surface area contributed by atoms with Crippen molar-refractivity contribution in [1.82, 2.24) is 4.90 Å². The smallest absolute Gasteiger partial charge is 0.311 e. The highest BCUT2D eigenvalue weighted by molar-refractivity contribution is 5.76. The minimum absolute atomic E-state index is 0.505. The first kappa shape index (κ1) is 15.3. The quantitative estimate of drug-likeness (QED) is 0.885. The third kappa shape index (κ3) is 4.17. The van der Waals surface area contributed by atoms with Gasteiger partial charge in [-0.05, 0) is 37.2 Å². The number of hydrogen-bond donors (Lipinski definition) is 1. The van der Waals surface area contributed by atoms with E-state index in [0.29, 0.717) is 6.42 Å². The van der Waals surface area contributed by atoms with Gasteiger partial charge in [-0.2, -0.15) is 0 Å². The van der Waals surface area contributed by atoms with E-state index in [1.807, 2.05) is 62.6 Å². The molecule has 1 unspecified atom stereocenters. The van der Waals surface area contributed by atoms with Crippen molar-refractivity contribution in [3.8, 4) is 0 Å². The zero-order valence-electron chi connectivity index (χ0n) is 12.5. The summed E-state index contributed by atoms with van der Waals surface area (Å²) < 4.78 is 0. The number of rotatable bonds is 6. The Morgan fingerprint density at radius 1 is 1.00 bits per heavy atom. The van der Waals surface area contributed by atoms with E-state index in [1.54, 1.807) is 0 Å². The van der Waals surface area contributed by atoms with E-state index in [-0.39, 0.29) is 0 Å². The van der Waals surface area contributed by atoms with Gasteiger partial charge in [-0.25, -0.2) is 0 Å². The van der Waals surface area contributed by atoms with Crippen molar-refractivity contribution >= 4 is 5.97 Å². The minimum Gasteiger partial charge on any atom is -0.481 e. The monoisotopic (exact) mass is 283 g/mol. The molecule has 0 aliphatic carbocycles. The number of benzene rings is 2. The third-order valence-corrected chi connectivity index (χ3v) is 3.53. The number of aliphatic carboxylic acids is 1. The molecule has 0 aliphatic rings. The molecule has 0 heterocycles. The van der Waals surface area contributed by atoms with Crippen LogP contribution >= 0.6 is 0 Å². The van der Waals surface area contributed by atoms with Gasteiger partial charge in [0.25, 0.3) is 0 Å². The highest BCUT2D eigenvalue weighted by Gasteiger charge is 2.21. The van der Waals surface area contributed by atoms with Crippen LogP contribution in [0.1, 0.15) is 22.6 Å². The molecule has 0 spiro atoms. The van der Waals surface area contributed by atoms with Crippen LogP contribution in [-0.2, 0) is 17.8 Å². The molecule has 0 amide bonds. The van der Waals surface area contributed by atoms with Gasteiger partial charge in [0, 0.05) is 6.54 Å². The lowest BCUT2D eigenvalue weighted by atomic mass is 9.90. The molecule has 3 heteroatoms. The van der Waals surface area contributed by atoms with E-state index in [1.165, 1.54) is 5.56 Å². The fourth-order valence-corrected chi connectivity index (χ4v) is 2.50. The Hall–Kier alpha value is -2.13. The largest absolute Gasteiger partial charge is 0.481 e. The number of nitrogens with zero attached hydrogens (tertiary/aromatic N) is 1. The van der Waals surface area contributed by atoms with Crippen molar-refractivity contribution in [2.75, 3.05) is 14.1 Å². The molecule has 0 bridgehead atoms. The molecule has 0 radical (unpaired) electrons. The summed E-state index contributed by atoms with van der Waals surface area (Å²) in [6.07, 6.45) is 0.517. The van der Waals surface area contributed by atoms with Gasteiger partial charge in [0.1, 0.15) is 0 Å². The van der Waals surface area contributed by atoms with Gasteiger partial charge in [-0.15, -0.1) is 0 Å². The van der Waals surface area contributed by atoms with Crippen molar-refractivity contribution in [3.63, 3.8) is 0 Å². The van der Waals surface area contributed by atoms with Crippen molar-refractivity contribution in [1.29, 1.82) is 0 Å². The summed E-state index contributed by atoms with van der Waals surface area (Å²) in [6, 6.07) is 17.5. The molecule has 2 aromatic carbocycles. The maximum atomic E-state index is 11.6. The molecule has 3 nitrogen and oxygen atoms in total. The average molecular weight is 283 g/mol. The molecular weight excluding hydrogens is 262 g/mol. The Morgan fingerprint density at radius 2 is 1.57 bits per heavy atom. The van der Waals surface area contributed by atoms with E-state index >= 15 is 0 Å². The van der Waals surface area contributed by atoms with Gasteiger partial charge < -0.3 is 10.0 Å². The lowest BCUT2D eigenvalue weighted by molar-refractivity contribution is -0.138. The SMILES string of the molecule is CN(C)Cc1ccccc1CC(C(=O)O)c1ccccc1. The van der Waals surface area contributed by atoms with Crippen molar-refractivity contribution in [2.45, 2.75) is 18.9 Å². The van der Waals surface area contributed by atoms with Crippen molar-refractivity contribution in [3.05, 3.63) is 71.3 Å². The first-order valence-corrected chi connectivity index (χ1v) is 7.07. The summed E-state index contributed by atoms with van der Waals surface area (Å²) in [5.74, 6) is -1.28. The molecule has 1 atom stereocenters. The molecular formula is C18H21NO2. The summed E-state index contributed by atoms with van der Waals surface area (Å²) in [5.41, 5.74) is 3.14. The van der Waals surface area contributed by atoms with Crippen LogP contribution in [0.4, 0.5) is 0 Å². The van der Waals surface area contributed by atoms with E-state index < -0.39 is 11.9 Å².